The van der Waals surface area contributed by atoms with E-state index in [1.54, 1.807) is 0 Å². The number of hydrogen-bond acceptors (Lipinski definition) is 3. The molecule has 1 heterocycles. The van der Waals surface area contributed by atoms with Crippen LogP contribution in [-0.2, 0) is 18.3 Å². The number of thioether (sulfide) groups is 1. The number of H-pyrrole nitrogens is 1. The molecule has 1 N–H and O–H groups in total. The third-order valence-corrected chi connectivity index (χ3v) is 4.39. The van der Waals surface area contributed by atoms with E-state index in [-0.39, 0.29) is 11.0 Å². The lowest BCUT2D eigenvalue weighted by atomic mass is 9.86. The number of benzene rings is 1. The monoisotopic (exact) mass is 316 g/mol. The van der Waals surface area contributed by atoms with Gasteiger partial charge in [0.1, 0.15) is 0 Å². The van der Waals surface area contributed by atoms with Crippen molar-refractivity contribution in [2.75, 3.05) is 6.26 Å². The van der Waals surface area contributed by atoms with Crippen LogP contribution in [-0.4, -0.2) is 16.2 Å². The van der Waals surface area contributed by atoms with Crippen molar-refractivity contribution in [2.24, 2.45) is 0 Å². The predicted molar refractivity (Wildman–Crippen MR) is 94.0 cm³/mol. The number of rotatable bonds is 4. The third kappa shape index (κ3) is 3.80. The number of nitrogens with one attached hydrogen (secondary N) is 1. The van der Waals surface area contributed by atoms with Crippen LogP contribution in [0.1, 0.15) is 50.1 Å². The van der Waals surface area contributed by atoms with E-state index in [0.29, 0.717) is 11.6 Å². The highest BCUT2D eigenvalue weighted by molar-refractivity contribution is 7.98. The number of aromatic nitrogens is 2. The Morgan fingerprint density at radius 1 is 1.18 bits per heavy atom. The highest BCUT2D eigenvalue weighted by Crippen LogP contribution is 2.23. The maximum atomic E-state index is 12.3. The van der Waals surface area contributed by atoms with Crippen LogP contribution in [0.4, 0.5) is 0 Å². The molecule has 0 unspecified atom stereocenters. The minimum Gasteiger partial charge on any atom is -0.301 e. The second-order valence-corrected chi connectivity index (χ2v) is 7.27. The van der Waals surface area contributed by atoms with Gasteiger partial charge in [-0.2, -0.15) is 0 Å². The number of hydrogen-bond donors (Lipinski definition) is 1. The molecule has 3 nitrogen and oxygen atoms in total. The van der Waals surface area contributed by atoms with Gasteiger partial charge in [-0.15, -0.1) is 0 Å². The lowest BCUT2D eigenvalue weighted by Gasteiger charge is -2.19. The molecule has 0 radical (unpaired) electrons. The normalized spacial score (nSPS) is 11.7. The Morgan fingerprint density at radius 3 is 2.32 bits per heavy atom. The quantitative estimate of drug-likeness (QED) is 0.686. The molecule has 22 heavy (non-hydrogen) atoms. The Bertz CT molecular complexity index is 697. The Morgan fingerprint density at radius 2 is 1.82 bits per heavy atom. The van der Waals surface area contributed by atoms with Gasteiger partial charge in [0.05, 0.1) is 5.69 Å². The van der Waals surface area contributed by atoms with Crippen LogP contribution in [0, 0.1) is 0 Å². The van der Waals surface area contributed by atoms with Crippen molar-refractivity contribution in [3.63, 3.8) is 0 Å². The van der Waals surface area contributed by atoms with Crippen LogP contribution in [0.15, 0.2) is 34.2 Å². The first-order valence-electron chi connectivity index (χ1n) is 7.60. The van der Waals surface area contributed by atoms with E-state index < -0.39 is 0 Å². The summed E-state index contributed by atoms with van der Waals surface area (Å²) < 4.78 is 0. The van der Waals surface area contributed by atoms with Gasteiger partial charge in [0.2, 0.25) is 0 Å². The second kappa shape index (κ2) is 6.69. The summed E-state index contributed by atoms with van der Waals surface area (Å²) in [6, 6.07) is 8.53. The molecule has 2 rings (SSSR count). The molecule has 0 saturated carbocycles. The van der Waals surface area contributed by atoms with Crippen LogP contribution in [0.25, 0.3) is 0 Å². The van der Waals surface area contributed by atoms with E-state index in [0.717, 1.165) is 23.2 Å². The summed E-state index contributed by atoms with van der Waals surface area (Å²) in [5.74, 6) is 0. The van der Waals surface area contributed by atoms with Crippen molar-refractivity contribution in [3.8, 4) is 0 Å². The van der Waals surface area contributed by atoms with Crippen molar-refractivity contribution in [3.05, 3.63) is 57.0 Å². The zero-order chi connectivity index (χ0) is 16.3. The zero-order valence-corrected chi connectivity index (χ0v) is 14.8. The van der Waals surface area contributed by atoms with E-state index >= 15 is 0 Å². The summed E-state index contributed by atoms with van der Waals surface area (Å²) in [5.41, 5.74) is 4.25. The first-order valence-corrected chi connectivity index (χ1v) is 8.83. The molecule has 1 aromatic heterocycles. The third-order valence-electron chi connectivity index (χ3n) is 3.81. The van der Waals surface area contributed by atoms with Crippen LogP contribution >= 0.6 is 11.8 Å². The Labute approximate surface area is 136 Å². The van der Waals surface area contributed by atoms with Crippen molar-refractivity contribution in [2.45, 2.75) is 51.1 Å². The lowest BCUT2D eigenvalue weighted by Crippen LogP contribution is -2.19. The molecule has 2 aromatic rings. The van der Waals surface area contributed by atoms with E-state index in [9.17, 15) is 4.79 Å². The molecule has 4 heteroatoms. The summed E-state index contributed by atoms with van der Waals surface area (Å²) in [6.45, 7) is 8.64. The maximum absolute atomic E-state index is 12.3. The molecule has 0 bridgehead atoms. The molecule has 0 amide bonds. The smallest absolute Gasteiger partial charge is 0.255 e. The molecule has 0 aliphatic carbocycles. The molecule has 0 fully saturated rings. The van der Waals surface area contributed by atoms with Crippen molar-refractivity contribution < 1.29 is 0 Å². The van der Waals surface area contributed by atoms with Crippen molar-refractivity contribution >= 4 is 11.8 Å². The second-order valence-electron chi connectivity index (χ2n) is 6.48. The summed E-state index contributed by atoms with van der Waals surface area (Å²) >= 11 is 1.47. The predicted octanol–water partition coefficient (Wildman–Crippen LogP) is 3.94. The lowest BCUT2D eigenvalue weighted by molar-refractivity contribution is 0.590. The van der Waals surface area contributed by atoms with Gasteiger partial charge in [0.15, 0.2) is 5.16 Å². The Balaban J connectivity index is 2.33. The SMILES string of the molecule is CCc1nc(SC)[nH]c(=O)c1Cc1ccc(C(C)(C)C)cc1. The number of nitrogens with zero attached hydrogens (tertiary/aromatic N) is 1. The minimum atomic E-state index is -0.0175. The number of aromatic amines is 1. The fraction of sp³-hybridized carbons (Fsp3) is 0.444. The minimum absolute atomic E-state index is 0.0175. The van der Waals surface area contributed by atoms with E-state index in [1.807, 2.05) is 13.2 Å². The molecule has 0 atom stereocenters. The summed E-state index contributed by atoms with van der Waals surface area (Å²) in [6.07, 6.45) is 3.32. The van der Waals surface area contributed by atoms with E-state index in [1.165, 1.54) is 17.3 Å². The molecule has 0 saturated heterocycles. The summed E-state index contributed by atoms with van der Waals surface area (Å²) in [4.78, 5) is 19.7. The van der Waals surface area contributed by atoms with Gasteiger partial charge in [-0.1, -0.05) is 63.7 Å². The summed E-state index contributed by atoms with van der Waals surface area (Å²) in [7, 11) is 0. The van der Waals surface area contributed by atoms with E-state index in [2.05, 4.69) is 55.0 Å². The Kier molecular flexibility index (Phi) is 5.12. The van der Waals surface area contributed by atoms with Crippen LogP contribution in [0.2, 0.25) is 0 Å². The standard InChI is InChI=1S/C18H24N2OS/c1-6-15-14(16(21)20-17(19-15)22-5)11-12-7-9-13(10-8-12)18(2,3)4/h7-10H,6,11H2,1-5H3,(H,19,20,21). The highest BCUT2D eigenvalue weighted by Gasteiger charge is 2.14. The Hall–Kier alpha value is -1.55. The number of aryl methyl sites for hydroxylation is 1. The largest absolute Gasteiger partial charge is 0.301 e. The van der Waals surface area contributed by atoms with Gasteiger partial charge in [0.25, 0.3) is 5.56 Å². The fourth-order valence-corrected chi connectivity index (χ4v) is 2.82. The van der Waals surface area contributed by atoms with Gasteiger partial charge < -0.3 is 4.98 Å². The molecule has 118 valence electrons. The molecular weight excluding hydrogens is 292 g/mol. The molecular formula is C18H24N2OS. The zero-order valence-electron chi connectivity index (χ0n) is 14.0. The van der Waals surface area contributed by atoms with E-state index in [4.69, 9.17) is 0 Å². The first-order chi connectivity index (χ1) is 10.3. The summed E-state index contributed by atoms with van der Waals surface area (Å²) in [5, 5.41) is 0.689. The highest BCUT2D eigenvalue weighted by atomic mass is 32.2. The molecule has 0 aliphatic rings. The van der Waals surface area contributed by atoms with Crippen LogP contribution in [0.3, 0.4) is 0 Å². The maximum Gasteiger partial charge on any atom is 0.255 e. The van der Waals surface area contributed by atoms with Gasteiger partial charge in [0, 0.05) is 12.0 Å². The van der Waals surface area contributed by atoms with Crippen LogP contribution < -0.4 is 5.56 Å². The molecule has 0 spiro atoms. The fourth-order valence-electron chi connectivity index (χ4n) is 2.42. The van der Waals surface area contributed by atoms with Crippen molar-refractivity contribution in [1.82, 2.24) is 9.97 Å². The van der Waals surface area contributed by atoms with Crippen molar-refractivity contribution in [1.29, 1.82) is 0 Å². The average molecular weight is 316 g/mol. The van der Waals surface area contributed by atoms with Gasteiger partial charge in [-0.05, 0) is 29.2 Å². The molecule has 1 aromatic carbocycles. The van der Waals surface area contributed by atoms with Gasteiger partial charge in [-0.25, -0.2) is 4.98 Å². The first kappa shape index (κ1) is 16.8. The van der Waals surface area contributed by atoms with Crippen LogP contribution in [0.5, 0.6) is 0 Å². The van der Waals surface area contributed by atoms with Gasteiger partial charge in [-0.3, -0.25) is 4.79 Å². The molecule has 0 aliphatic heterocycles. The average Bonchev–Trinajstić information content (AvgIpc) is 2.48. The topological polar surface area (TPSA) is 45.8 Å². The van der Waals surface area contributed by atoms with Gasteiger partial charge >= 0.3 is 0 Å².